The number of aliphatic hydroxyl groups is 1. The highest BCUT2D eigenvalue weighted by molar-refractivity contribution is 6.33. The van der Waals surface area contributed by atoms with E-state index in [2.05, 4.69) is 23.9 Å². The fourth-order valence-electron chi connectivity index (χ4n) is 2.69. The zero-order chi connectivity index (χ0) is 13.8. The summed E-state index contributed by atoms with van der Waals surface area (Å²) in [6.07, 6.45) is 2.51. The lowest BCUT2D eigenvalue weighted by Crippen LogP contribution is -2.35. The smallest absolute Gasteiger partial charge is 0.0682 e. The van der Waals surface area contributed by atoms with E-state index in [0.29, 0.717) is 0 Å². The van der Waals surface area contributed by atoms with E-state index in [0.717, 1.165) is 28.7 Å². The summed E-state index contributed by atoms with van der Waals surface area (Å²) < 4.78 is 0. The van der Waals surface area contributed by atoms with Gasteiger partial charge >= 0.3 is 0 Å². The van der Waals surface area contributed by atoms with Gasteiger partial charge in [-0.2, -0.15) is 0 Å². The van der Waals surface area contributed by atoms with E-state index in [1.807, 2.05) is 18.2 Å². The summed E-state index contributed by atoms with van der Waals surface area (Å²) in [5.74, 6) is 0.745. The molecule has 0 aromatic heterocycles. The number of benzene rings is 1. The SMILES string of the molecule is CN1CCC(CN(C)c2ccc(CO)cc2Cl)CC1. The maximum absolute atomic E-state index is 9.10. The molecule has 0 bridgehead atoms. The maximum Gasteiger partial charge on any atom is 0.0682 e. The molecule has 1 aromatic rings. The minimum absolute atomic E-state index is 0.0404. The standard InChI is InChI=1S/C15H23ClN2O/c1-17-7-5-12(6-8-17)10-18(2)15-4-3-13(11-19)9-14(15)16/h3-4,9,12,19H,5-8,10-11H2,1-2H3. The van der Waals surface area contributed by atoms with Crippen molar-refractivity contribution in [1.29, 1.82) is 0 Å². The predicted octanol–water partition coefficient (Wildman–Crippen LogP) is 2.61. The van der Waals surface area contributed by atoms with Crippen LogP contribution in [0.15, 0.2) is 18.2 Å². The second-order valence-corrected chi connectivity index (χ2v) is 5.98. The Hall–Kier alpha value is -0.770. The molecule has 4 heteroatoms. The molecule has 0 aliphatic carbocycles. The van der Waals surface area contributed by atoms with Crippen LogP contribution in [0, 0.1) is 5.92 Å². The van der Waals surface area contributed by atoms with Crippen molar-refractivity contribution in [2.24, 2.45) is 5.92 Å². The van der Waals surface area contributed by atoms with Gasteiger partial charge in [-0.1, -0.05) is 17.7 Å². The Morgan fingerprint density at radius 2 is 2.05 bits per heavy atom. The van der Waals surface area contributed by atoms with E-state index in [-0.39, 0.29) is 6.61 Å². The van der Waals surface area contributed by atoms with Crippen LogP contribution in [0.5, 0.6) is 0 Å². The van der Waals surface area contributed by atoms with Crippen LogP contribution < -0.4 is 4.90 Å². The molecule has 19 heavy (non-hydrogen) atoms. The highest BCUT2D eigenvalue weighted by atomic mass is 35.5. The van der Waals surface area contributed by atoms with Crippen LogP contribution in [0.4, 0.5) is 5.69 Å². The number of hydrogen-bond acceptors (Lipinski definition) is 3. The molecular weight excluding hydrogens is 260 g/mol. The van der Waals surface area contributed by atoms with Crippen molar-refractivity contribution in [3.8, 4) is 0 Å². The van der Waals surface area contributed by atoms with Gasteiger partial charge in [-0.25, -0.2) is 0 Å². The molecule has 0 radical (unpaired) electrons. The molecule has 106 valence electrons. The Kier molecular flexibility index (Phi) is 5.08. The Labute approximate surface area is 120 Å². The van der Waals surface area contributed by atoms with Crippen molar-refractivity contribution in [2.45, 2.75) is 19.4 Å². The summed E-state index contributed by atoms with van der Waals surface area (Å²) in [4.78, 5) is 4.62. The zero-order valence-corrected chi connectivity index (χ0v) is 12.5. The van der Waals surface area contributed by atoms with Gasteiger partial charge in [0.25, 0.3) is 0 Å². The molecule has 1 aliphatic rings. The lowest BCUT2D eigenvalue weighted by molar-refractivity contribution is 0.222. The summed E-state index contributed by atoms with van der Waals surface area (Å²) >= 11 is 6.28. The molecule has 1 aliphatic heterocycles. The van der Waals surface area contributed by atoms with Gasteiger partial charge in [0.1, 0.15) is 0 Å². The van der Waals surface area contributed by atoms with Crippen LogP contribution in [-0.4, -0.2) is 43.7 Å². The molecule has 1 fully saturated rings. The normalized spacial score (nSPS) is 17.7. The molecule has 1 aromatic carbocycles. The van der Waals surface area contributed by atoms with Crippen molar-refractivity contribution in [3.63, 3.8) is 0 Å². The van der Waals surface area contributed by atoms with Crippen molar-refractivity contribution < 1.29 is 5.11 Å². The molecule has 0 atom stereocenters. The second kappa shape index (κ2) is 6.60. The molecule has 0 unspecified atom stereocenters. The molecule has 2 rings (SSSR count). The fraction of sp³-hybridized carbons (Fsp3) is 0.600. The van der Waals surface area contributed by atoms with Crippen LogP contribution in [0.1, 0.15) is 18.4 Å². The Balaban J connectivity index is 1.97. The number of hydrogen-bond donors (Lipinski definition) is 1. The van der Waals surface area contributed by atoms with Crippen molar-refractivity contribution in [3.05, 3.63) is 28.8 Å². The number of aliphatic hydroxyl groups excluding tert-OH is 1. The molecule has 3 nitrogen and oxygen atoms in total. The van der Waals surface area contributed by atoms with Gasteiger partial charge in [0.15, 0.2) is 0 Å². The number of piperidine rings is 1. The molecule has 1 heterocycles. The summed E-state index contributed by atoms with van der Waals surface area (Å²) in [7, 11) is 4.28. The largest absolute Gasteiger partial charge is 0.392 e. The van der Waals surface area contributed by atoms with E-state index in [4.69, 9.17) is 16.7 Å². The lowest BCUT2D eigenvalue weighted by atomic mass is 9.96. The first-order chi connectivity index (χ1) is 9.10. The van der Waals surface area contributed by atoms with Crippen LogP contribution in [0.25, 0.3) is 0 Å². The second-order valence-electron chi connectivity index (χ2n) is 5.57. The number of halogens is 1. The number of nitrogens with zero attached hydrogens (tertiary/aromatic N) is 2. The predicted molar refractivity (Wildman–Crippen MR) is 80.9 cm³/mol. The zero-order valence-electron chi connectivity index (χ0n) is 11.8. The topological polar surface area (TPSA) is 26.7 Å². The molecule has 0 saturated carbocycles. The third-order valence-electron chi connectivity index (χ3n) is 3.98. The Bertz CT molecular complexity index is 417. The maximum atomic E-state index is 9.10. The summed E-state index contributed by atoms with van der Waals surface area (Å²) in [6.45, 7) is 3.47. The average Bonchev–Trinajstić information content (AvgIpc) is 2.41. The quantitative estimate of drug-likeness (QED) is 0.920. The molecule has 0 amide bonds. The Morgan fingerprint density at radius 3 is 2.63 bits per heavy atom. The monoisotopic (exact) mass is 282 g/mol. The van der Waals surface area contributed by atoms with Crippen LogP contribution in [-0.2, 0) is 6.61 Å². The average molecular weight is 283 g/mol. The first-order valence-corrected chi connectivity index (χ1v) is 7.27. The summed E-state index contributed by atoms with van der Waals surface area (Å²) in [6, 6.07) is 5.79. The number of rotatable bonds is 4. The minimum Gasteiger partial charge on any atom is -0.392 e. The van der Waals surface area contributed by atoms with Gasteiger partial charge in [0, 0.05) is 13.6 Å². The van der Waals surface area contributed by atoms with E-state index in [9.17, 15) is 0 Å². The highest BCUT2D eigenvalue weighted by Gasteiger charge is 2.19. The first-order valence-electron chi connectivity index (χ1n) is 6.89. The van der Waals surface area contributed by atoms with E-state index in [1.165, 1.54) is 25.9 Å². The van der Waals surface area contributed by atoms with Crippen LogP contribution in [0.2, 0.25) is 5.02 Å². The number of anilines is 1. The van der Waals surface area contributed by atoms with Crippen LogP contribution >= 0.6 is 11.6 Å². The third-order valence-corrected chi connectivity index (χ3v) is 4.28. The van der Waals surface area contributed by atoms with Crippen molar-refractivity contribution in [2.75, 3.05) is 38.6 Å². The van der Waals surface area contributed by atoms with Gasteiger partial charge in [-0.05, 0) is 56.6 Å². The van der Waals surface area contributed by atoms with E-state index < -0.39 is 0 Å². The van der Waals surface area contributed by atoms with Gasteiger partial charge in [-0.3, -0.25) is 0 Å². The van der Waals surface area contributed by atoms with Gasteiger partial charge in [0.05, 0.1) is 17.3 Å². The number of likely N-dealkylation sites (tertiary alicyclic amines) is 1. The summed E-state index contributed by atoms with van der Waals surface area (Å²) in [5.41, 5.74) is 1.92. The van der Waals surface area contributed by atoms with Gasteiger partial charge < -0.3 is 14.9 Å². The first kappa shape index (κ1) is 14.6. The summed E-state index contributed by atoms with van der Waals surface area (Å²) in [5, 5.41) is 9.82. The van der Waals surface area contributed by atoms with E-state index in [1.54, 1.807) is 0 Å². The minimum atomic E-state index is 0.0404. The highest BCUT2D eigenvalue weighted by Crippen LogP contribution is 2.28. The third kappa shape index (κ3) is 3.85. The molecule has 0 spiro atoms. The van der Waals surface area contributed by atoms with Crippen molar-refractivity contribution >= 4 is 17.3 Å². The van der Waals surface area contributed by atoms with Gasteiger partial charge in [-0.15, -0.1) is 0 Å². The lowest BCUT2D eigenvalue weighted by Gasteiger charge is -2.32. The van der Waals surface area contributed by atoms with Crippen LogP contribution in [0.3, 0.4) is 0 Å². The van der Waals surface area contributed by atoms with Crippen molar-refractivity contribution in [1.82, 2.24) is 4.90 Å². The van der Waals surface area contributed by atoms with E-state index >= 15 is 0 Å². The fourth-order valence-corrected chi connectivity index (χ4v) is 3.04. The molecular formula is C15H23ClN2O. The Morgan fingerprint density at radius 1 is 1.37 bits per heavy atom. The molecule has 1 saturated heterocycles. The molecule has 1 N–H and O–H groups in total. The van der Waals surface area contributed by atoms with Gasteiger partial charge in [0.2, 0.25) is 0 Å².